The monoisotopic (exact) mass is 302 g/mol. The molecule has 0 atom stereocenters. The van der Waals surface area contributed by atoms with Crippen LogP contribution in [0.25, 0.3) is 12.2 Å². The largest absolute Gasteiger partial charge is 0.481 e. The van der Waals surface area contributed by atoms with E-state index in [0.717, 1.165) is 18.4 Å². The van der Waals surface area contributed by atoms with E-state index in [1.54, 1.807) is 37.6 Å². The van der Waals surface area contributed by atoms with Gasteiger partial charge in [-0.1, -0.05) is 18.5 Å². The molecule has 0 aliphatic heterocycles. The first-order valence-electron chi connectivity index (χ1n) is 7.05. The molecule has 0 aliphatic rings. The van der Waals surface area contributed by atoms with Crippen LogP contribution in [-0.4, -0.2) is 29.8 Å². The van der Waals surface area contributed by atoms with Gasteiger partial charge in [0.25, 0.3) is 0 Å². The zero-order valence-corrected chi connectivity index (χ0v) is 12.6. The molecule has 116 valence electrons. The lowest BCUT2D eigenvalue weighted by atomic mass is 10.2. The first kappa shape index (κ1) is 15.8. The summed E-state index contributed by atoms with van der Waals surface area (Å²) in [6.07, 6.45) is 6.99. The highest BCUT2D eigenvalue weighted by Crippen LogP contribution is 2.12. The number of unbranched alkanes of at least 4 members (excludes halogenated alkanes) is 1. The number of hydrogen-bond acceptors (Lipinski definition) is 6. The number of ether oxygens (including phenoxy) is 2. The number of pyridine rings is 1. The highest BCUT2D eigenvalue weighted by Gasteiger charge is 2.12. The Hall–Kier alpha value is -2.63. The molecule has 0 saturated carbocycles. The van der Waals surface area contributed by atoms with E-state index in [1.165, 1.54) is 0 Å². The molecule has 6 nitrogen and oxygen atoms in total. The van der Waals surface area contributed by atoms with Gasteiger partial charge in [-0.3, -0.25) is 0 Å². The predicted octanol–water partition coefficient (Wildman–Crippen LogP) is 3.21. The summed E-state index contributed by atoms with van der Waals surface area (Å²) < 4.78 is 15.1. The predicted molar refractivity (Wildman–Crippen MR) is 81.4 cm³/mol. The standard InChI is InChI=1S/C16H18N2O4/c1-3-4-9-21-16(19)14-10-13(22-18-14)7-5-12-6-8-15(20-2)17-11-12/h5-8,10-11H,3-4,9H2,1-2H3/b7-5+. The van der Waals surface area contributed by atoms with E-state index in [0.29, 0.717) is 18.2 Å². The summed E-state index contributed by atoms with van der Waals surface area (Å²) in [5, 5.41) is 3.70. The third-order valence-electron chi connectivity index (χ3n) is 2.88. The van der Waals surface area contributed by atoms with Gasteiger partial charge in [-0.25, -0.2) is 9.78 Å². The normalized spacial score (nSPS) is 10.8. The fourth-order valence-electron chi connectivity index (χ4n) is 1.64. The van der Waals surface area contributed by atoms with Crippen LogP contribution in [0.15, 0.2) is 28.9 Å². The number of carbonyl (C=O) groups excluding carboxylic acids is 1. The van der Waals surface area contributed by atoms with Crippen molar-refractivity contribution < 1.29 is 18.8 Å². The van der Waals surface area contributed by atoms with E-state index in [4.69, 9.17) is 14.0 Å². The Labute approximate surface area is 128 Å². The third kappa shape index (κ3) is 4.44. The van der Waals surface area contributed by atoms with Crippen LogP contribution >= 0.6 is 0 Å². The topological polar surface area (TPSA) is 74.5 Å². The molecule has 0 bridgehead atoms. The van der Waals surface area contributed by atoms with Gasteiger partial charge in [0.05, 0.1) is 13.7 Å². The minimum absolute atomic E-state index is 0.170. The summed E-state index contributed by atoms with van der Waals surface area (Å²) in [5.74, 6) is 0.551. The van der Waals surface area contributed by atoms with Gasteiger partial charge in [-0.05, 0) is 30.2 Å². The van der Waals surface area contributed by atoms with Gasteiger partial charge in [0.2, 0.25) is 5.88 Å². The Morgan fingerprint density at radius 3 is 2.91 bits per heavy atom. The Bertz CT molecular complexity index is 632. The number of carbonyl (C=O) groups is 1. The number of esters is 1. The zero-order valence-electron chi connectivity index (χ0n) is 12.6. The lowest BCUT2D eigenvalue weighted by molar-refractivity contribution is 0.0488. The number of methoxy groups -OCH3 is 1. The van der Waals surface area contributed by atoms with Crippen molar-refractivity contribution in [3.63, 3.8) is 0 Å². The first-order valence-corrected chi connectivity index (χ1v) is 7.05. The number of aromatic nitrogens is 2. The van der Waals surface area contributed by atoms with E-state index in [-0.39, 0.29) is 5.69 Å². The highest BCUT2D eigenvalue weighted by atomic mass is 16.5. The third-order valence-corrected chi connectivity index (χ3v) is 2.88. The van der Waals surface area contributed by atoms with Crippen LogP contribution in [0.4, 0.5) is 0 Å². The van der Waals surface area contributed by atoms with E-state index in [9.17, 15) is 4.79 Å². The molecule has 2 aromatic rings. The van der Waals surface area contributed by atoms with Crippen LogP contribution in [0.3, 0.4) is 0 Å². The van der Waals surface area contributed by atoms with Crippen molar-refractivity contribution in [1.29, 1.82) is 0 Å². The Morgan fingerprint density at radius 2 is 2.23 bits per heavy atom. The minimum Gasteiger partial charge on any atom is -0.481 e. The first-order chi connectivity index (χ1) is 10.7. The average Bonchev–Trinajstić information content (AvgIpc) is 3.02. The van der Waals surface area contributed by atoms with Crippen LogP contribution < -0.4 is 4.74 Å². The molecule has 2 heterocycles. The summed E-state index contributed by atoms with van der Waals surface area (Å²) in [5.41, 5.74) is 1.05. The lowest BCUT2D eigenvalue weighted by Gasteiger charge is -1.99. The van der Waals surface area contributed by atoms with E-state index in [1.807, 2.05) is 13.0 Å². The zero-order chi connectivity index (χ0) is 15.8. The number of hydrogen-bond donors (Lipinski definition) is 0. The van der Waals surface area contributed by atoms with Crippen molar-refractivity contribution in [2.75, 3.05) is 13.7 Å². The average molecular weight is 302 g/mol. The molecule has 6 heteroatoms. The quantitative estimate of drug-likeness (QED) is 0.577. The van der Waals surface area contributed by atoms with Crippen molar-refractivity contribution in [2.24, 2.45) is 0 Å². The Kier molecular flexibility index (Phi) is 5.71. The van der Waals surface area contributed by atoms with E-state index >= 15 is 0 Å². The summed E-state index contributed by atoms with van der Waals surface area (Å²) >= 11 is 0. The molecule has 0 aliphatic carbocycles. The fraction of sp³-hybridized carbons (Fsp3) is 0.312. The molecule has 0 aromatic carbocycles. The van der Waals surface area contributed by atoms with Crippen LogP contribution in [0, 0.1) is 0 Å². The summed E-state index contributed by atoms with van der Waals surface area (Å²) in [7, 11) is 1.56. The number of rotatable bonds is 7. The van der Waals surface area contributed by atoms with Gasteiger partial charge in [-0.2, -0.15) is 0 Å². The Morgan fingerprint density at radius 1 is 1.36 bits per heavy atom. The smallest absolute Gasteiger partial charge is 0.360 e. The Balaban J connectivity index is 1.95. The van der Waals surface area contributed by atoms with E-state index < -0.39 is 5.97 Å². The maximum absolute atomic E-state index is 11.7. The fourth-order valence-corrected chi connectivity index (χ4v) is 1.64. The lowest BCUT2D eigenvalue weighted by Crippen LogP contribution is -2.06. The second-order valence-corrected chi connectivity index (χ2v) is 4.57. The molecule has 0 saturated heterocycles. The molecular weight excluding hydrogens is 284 g/mol. The second kappa shape index (κ2) is 7.97. The number of nitrogens with zero attached hydrogens (tertiary/aromatic N) is 2. The maximum atomic E-state index is 11.7. The molecule has 2 aromatic heterocycles. The molecule has 0 unspecified atom stereocenters. The van der Waals surface area contributed by atoms with Crippen LogP contribution in [0.1, 0.15) is 41.6 Å². The molecule has 22 heavy (non-hydrogen) atoms. The van der Waals surface area contributed by atoms with Crippen LogP contribution in [0.2, 0.25) is 0 Å². The summed E-state index contributed by atoms with van der Waals surface area (Å²) in [6.45, 7) is 2.42. The van der Waals surface area contributed by atoms with Gasteiger partial charge in [0, 0.05) is 18.3 Å². The van der Waals surface area contributed by atoms with Crippen molar-refractivity contribution in [3.8, 4) is 5.88 Å². The molecule has 0 N–H and O–H groups in total. The minimum atomic E-state index is -0.469. The van der Waals surface area contributed by atoms with Crippen LogP contribution in [0.5, 0.6) is 5.88 Å². The van der Waals surface area contributed by atoms with Crippen molar-refractivity contribution >= 4 is 18.1 Å². The van der Waals surface area contributed by atoms with Crippen molar-refractivity contribution in [3.05, 3.63) is 41.4 Å². The summed E-state index contributed by atoms with van der Waals surface area (Å²) in [4.78, 5) is 15.8. The second-order valence-electron chi connectivity index (χ2n) is 4.57. The molecule has 0 spiro atoms. The summed E-state index contributed by atoms with van der Waals surface area (Å²) in [6, 6.07) is 5.16. The molecule has 0 fully saturated rings. The van der Waals surface area contributed by atoms with E-state index in [2.05, 4.69) is 10.1 Å². The molecule has 0 radical (unpaired) electrons. The van der Waals surface area contributed by atoms with Gasteiger partial charge in [-0.15, -0.1) is 0 Å². The van der Waals surface area contributed by atoms with Crippen LogP contribution in [-0.2, 0) is 4.74 Å². The molecule has 2 rings (SSSR count). The SMILES string of the molecule is CCCCOC(=O)c1cc(/C=C/c2ccc(OC)nc2)on1. The van der Waals surface area contributed by atoms with Gasteiger partial charge >= 0.3 is 5.97 Å². The molecular formula is C16H18N2O4. The highest BCUT2D eigenvalue weighted by molar-refractivity contribution is 5.87. The maximum Gasteiger partial charge on any atom is 0.360 e. The van der Waals surface area contributed by atoms with Gasteiger partial charge in [0.15, 0.2) is 11.5 Å². The van der Waals surface area contributed by atoms with Crippen molar-refractivity contribution in [1.82, 2.24) is 10.1 Å². The van der Waals surface area contributed by atoms with Gasteiger partial charge < -0.3 is 14.0 Å². The molecule has 0 amide bonds. The van der Waals surface area contributed by atoms with Gasteiger partial charge in [0.1, 0.15) is 0 Å². The van der Waals surface area contributed by atoms with Crippen molar-refractivity contribution in [2.45, 2.75) is 19.8 Å².